The second-order valence-electron chi connectivity index (χ2n) is 6.02. The first-order chi connectivity index (χ1) is 9.80. The standard InChI is InChI=1S/C15H22N2O4/c1-11(18)12-4-5-13(14(10-12)17(20)21)16-8-3-6-15(2,19)7-9-16/h4-5,10-11,18-19H,3,6-9H2,1-2H3. The van der Waals surface area contributed by atoms with Crippen LogP contribution in [0.3, 0.4) is 0 Å². The third kappa shape index (κ3) is 3.71. The smallest absolute Gasteiger partial charge is 0.292 e. The van der Waals surface area contributed by atoms with E-state index in [1.165, 1.54) is 6.07 Å². The molecule has 1 fully saturated rings. The lowest BCUT2D eigenvalue weighted by Crippen LogP contribution is -2.28. The van der Waals surface area contributed by atoms with E-state index in [0.29, 0.717) is 37.2 Å². The Morgan fingerprint density at radius 2 is 2.10 bits per heavy atom. The molecule has 1 aliphatic heterocycles. The number of rotatable bonds is 3. The van der Waals surface area contributed by atoms with Crippen LogP contribution in [0.25, 0.3) is 0 Å². The number of nitro benzene ring substituents is 1. The minimum Gasteiger partial charge on any atom is -0.390 e. The molecule has 1 saturated heterocycles. The van der Waals surface area contributed by atoms with Crippen LogP contribution in [0.2, 0.25) is 0 Å². The zero-order valence-electron chi connectivity index (χ0n) is 12.5. The van der Waals surface area contributed by atoms with Crippen LogP contribution in [-0.4, -0.2) is 33.8 Å². The molecule has 0 aliphatic carbocycles. The Kier molecular flexibility index (Phi) is 4.49. The zero-order valence-corrected chi connectivity index (χ0v) is 12.5. The van der Waals surface area contributed by atoms with E-state index in [1.54, 1.807) is 26.0 Å². The molecule has 0 radical (unpaired) electrons. The lowest BCUT2D eigenvalue weighted by Gasteiger charge is -2.24. The summed E-state index contributed by atoms with van der Waals surface area (Å²) in [7, 11) is 0. The largest absolute Gasteiger partial charge is 0.390 e. The van der Waals surface area contributed by atoms with Gasteiger partial charge in [-0.25, -0.2) is 0 Å². The van der Waals surface area contributed by atoms with E-state index in [1.807, 2.05) is 4.90 Å². The van der Waals surface area contributed by atoms with E-state index in [2.05, 4.69) is 0 Å². The summed E-state index contributed by atoms with van der Waals surface area (Å²) in [6.07, 6.45) is 1.34. The minimum absolute atomic E-state index is 0.00921. The van der Waals surface area contributed by atoms with E-state index < -0.39 is 16.6 Å². The van der Waals surface area contributed by atoms with Crippen LogP contribution in [0.5, 0.6) is 0 Å². The second kappa shape index (κ2) is 5.99. The van der Waals surface area contributed by atoms with Crippen molar-refractivity contribution in [1.29, 1.82) is 0 Å². The maximum atomic E-state index is 11.3. The molecule has 0 spiro atoms. The fraction of sp³-hybridized carbons (Fsp3) is 0.600. The summed E-state index contributed by atoms with van der Waals surface area (Å²) >= 11 is 0. The highest BCUT2D eigenvalue weighted by atomic mass is 16.6. The Bertz CT molecular complexity index is 528. The van der Waals surface area contributed by atoms with Crippen molar-refractivity contribution in [3.8, 4) is 0 Å². The van der Waals surface area contributed by atoms with Crippen molar-refractivity contribution in [3.05, 3.63) is 33.9 Å². The molecule has 21 heavy (non-hydrogen) atoms. The number of aliphatic hydroxyl groups is 2. The number of nitro groups is 1. The number of hydrogen-bond donors (Lipinski definition) is 2. The maximum absolute atomic E-state index is 11.3. The van der Waals surface area contributed by atoms with Crippen molar-refractivity contribution in [2.24, 2.45) is 0 Å². The molecule has 1 aromatic carbocycles. The average Bonchev–Trinajstić information content (AvgIpc) is 2.59. The van der Waals surface area contributed by atoms with Crippen LogP contribution < -0.4 is 4.90 Å². The summed E-state index contributed by atoms with van der Waals surface area (Å²) < 4.78 is 0. The maximum Gasteiger partial charge on any atom is 0.292 e. The van der Waals surface area contributed by atoms with Gasteiger partial charge in [0.2, 0.25) is 0 Å². The Morgan fingerprint density at radius 1 is 1.38 bits per heavy atom. The van der Waals surface area contributed by atoms with Crippen molar-refractivity contribution in [3.63, 3.8) is 0 Å². The molecular formula is C15H22N2O4. The molecule has 1 aliphatic rings. The molecule has 116 valence electrons. The van der Waals surface area contributed by atoms with Gasteiger partial charge in [-0.2, -0.15) is 0 Å². The quantitative estimate of drug-likeness (QED) is 0.660. The van der Waals surface area contributed by atoms with Gasteiger partial charge in [-0.05, 0) is 44.7 Å². The number of nitrogens with zero attached hydrogens (tertiary/aromatic N) is 2. The average molecular weight is 294 g/mol. The van der Waals surface area contributed by atoms with Gasteiger partial charge in [-0.3, -0.25) is 10.1 Å². The Labute approximate surface area is 124 Å². The molecule has 2 unspecified atom stereocenters. The first-order valence-electron chi connectivity index (χ1n) is 7.24. The minimum atomic E-state index is -0.734. The number of benzene rings is 1. The van der Waals surface area contributed by atoms with Gasteiger partial charge in [0.25, 0.3) is 5.69 Å². The Balaban J connectivity index is 2.32. The van der Waals surface area contributed by atoms with Crippen LogP contribution >= 0.6 is 0 Å². The van der Waals surface area contributed by atoms with Gasteiger partial charge in [0.1, 0.15) is 5.69 Å². The topological polar surface area (TPSA) is 86.8 Å². The van der Waals surface area contributed by atoms with Crippen LogP contribution in [0.1, 0.15) is 44.8 Å². The zero-order chi connectivity index (χ0) is 15.6. The molecule has 2 N–H and O–H groups in total. The van der Waals surface area contributed by atoms with E-state index in [9.17, 15) is 20.3 Å². The SMILES string of the molecule is CC(O)c1ccc(N2CCCC(C)(O)CC2)c([N+](=O)[O-])c1. The van der Waals surface area contributed by atoms with Crippen LogP contribution in [0, 0.1) is 10.1 Å². The van der Waals surface area contributed by atoms with Crippen LogP contribution in [0.15, 0.2) is 18.2 Å². The van der Waals surface area contributed by atoms with E-state index in [4.69, 9.17) is 0 Å². The van der Waals surface area contributed by atoms with Gasteiger partial charge in [0, 0.05) is 19.2 Å². The van der Waals surface area contributed by atoms with Gasteiger partial charge in [-0.15, -0.1) is 0 Å². The van der Waals surface area contributed by atoms with Gasteiger partial charge >= 0.3 is 0 Å². The summed E-state index contributed by atoms with van der Waals surface area (Å²) in [4.78, 5) is 12.8. The van der Waals surface area contributed by atoms with Gasteiger partial charge in [0.15, 0.2) is 0 Å². The first kappa shape index (κ1) is 15.7. The summed E-state index contributed by atoms with van der Waals surface area (Å²) in [6, 6.07) is 4.85. The molecule has 0 bridgehead atoms. The highest BCUT2D eigenvalue weighted by molar-refractivity contribution is 5.64. The molecule has 0 aromatic heterocycles. The molecular weight excluding hydrogens is 272 g/mol. The summed E-state index contributed by atoms with van der Waals surface area (Å²) in [5, 5.41) is 31.0. The van der Waals surface area contributed by atoms with E-state index >= 15 is 0 Å². The molecule has 6 heteroatoms. The van der Waals surface area contributed by atoms with Crippen molar-refractivity contribution in [2.45, 2.75) is 44.8 Å². The van der Waals surface area contributed by atoms with E-state index in [0.717, 1.165) is 6.42 Å². The summed E-state index contributed by atoms with van der Waals surface area (Å²) in [5.74, 6) is 0. The van der Waals surface area contributed by atoms with Crippen molar-refractivity contribution in [1.82, 2.24) is 0 Å². The number of hydrogen-bond acceptors (Lipinski definition) is 5. The molecule has 6 nitrogen and oxygen atoms in total. The van der Waals surface area contributed by atoms with Gasteiger partial charge < -0.3 is 15.1 Å². The Hall–Kier alpha value is -1.66. The number of anilines is 1. The van der Waals surface area contributed by atoms with Crippen molar-refractivity contribution in [2.75, 3.05) is 18.0 Å². The highest BCUT2D eigenvalue weighted by Crippen LogP contribution is 2.33. The van der Waals surface area contributed by atoms with Crippen molar-refractivity contribution < 1.29 is 15.1 Å². The summed E-state index contributed by atoms with van der Waals surface area (Å²) in [5.41, 5.74) is 0.396. The monoisotopic (exact) mass is 294 g/mol. The summed E-state index contributed by atoms with van der Waals surface area (Å²) in [6.45, 7) is 4.66. The lowest BCUT2D eigenvalue weighted by molar-refractivity contribution is -0.384. The number of aliphatic hydroxyl groups excluding tert-OH is 1. The van der Waals surface area contributed by atoms with Crippen LogP contribution in [-0.2, 0) is 0 Å². The van der Waals surface area contributed by atoms with Gasteiger partial charge in [-0.1, -0.05) is 6.07 Å². The normalized spacial score (nSPS) is 24.5. The fourth-order valence-electron chi connectivity index (χ4n) is 2.72. The van der Waals surface area contributed by atoms with Crippen molar-refractivity contribution >= 4 is 11.4 Å². The molecule has 1 aromatic rings. The van der Waals surface area contributed by atoms with Gasteiger partial charge in [0.05, 0.1) is 16.6 Å². The predicted molar refractivity (Wildman–Crippen MR) is 80.4 cm³/mol. The fourth-order valence-corrected chi connectivity index (χ4v) is 2.72. The highest BCUT2D eigenvalue weighted by Gasteiger charge is 2.28. The molecule has 2 rings (SSSR count). The lowest BCUT2D eigenvalue weighted by atomic mass is 9.98. The molecule has 1 heterocycles. The van der Waals surface area contributed by atoms with Crippen LogP contribution in [0.4, 0.5) is 11.4 Å². The molecule has 2 atom stereocenters. The third-order valence-corrected chi connectivity index (χ3v) is 4.08. The Morgan fingerprint density at radius 3 is 2.71 bits per heavy atom. The third-order valence-electron chi connectivity index (χ3n) is 4.08. The second-order valence-corrected chi connectivity index (χ2v) is 6.02. The molecule has 0 amide bonds. The predicted octanol–water partition coefficient (Wildman–Crippen LogP) is 2.39. The molecule has 0 saturated carbocycles. The first-order valence-corrected chi connectivity index (χ1v) is 7.24. The van der Waals surface area contributed by atoms with E-state index in [-0.39, 0.29) is 5.69 Å².